The smallest absolute Gasteiger partial charge is 0.335 e. The Bertz CT molecular complexity index is 978. The lowest BCUT2D eigenvalue weighted by Crippen LogP contribution is -2.34. The number of benzene rings is 2. The number of rotatable bonds is 7. The molecule has 0 radical (unpaired) electrons. The Morgan fingerprint density at radius 2 is 1.71 bits per heavy atom. The average molecular weight is 419 g/mol. The van der Waals surface area contributed by atoms with Gasteiger partial charge in [0.05, 0.1) is 5.56 Å². The Labute approximate surface area is 188 Å². The van der Waals surface area contributed by atoms with E-state index in [9.17, 15) is 9.90 Å². The molecule has 1 aliphatic carbocycles. The highest BCUT2D eigenvalue weighted by molar-refractivity contribution is 5.89. The Balaban J connectivity index is 1.95. The topological polar surface area (TPSA) is 37.3 Å². The van der Waals surface area contributed by atoms with Crippen molar-refractivity contribution in [1.82, 2.24) is 0 Å². The first-order valence-corrected chi connectivity index (χ1v) is 11.7. The first-order valence-electron chi connectivity index (χ1n) is 11.7. The van der Waals surface area contributed by atoms with Gasteiger partial charge in [0.1, 0.15) is 0 Å². The zero-order valence-electron chi connectivity index (χ0n) is 20.1. The molecule has 0 saturated carbocycles. The Kier molecular flexibility index (Phi) is 6.79. The molecule has 0 heterocycles. The third kappa shape index (κ3) is 5.11. The highest BCUT2D eigenvalue weighted by atomic mass is 16.4. The molecule has 1 atom stereocenters. The zero-order chi connectivity index (χ0) is 22.8. The molecule has 2 aromatic rings. The van der Waals surface area contributed by atoms with Gasteiger partial charge in [-0.1, -0.05) is 89.9 Å². The van der Waals surface area contributed by atoms with Crippen molar-refractivity contribution in [2.45, 2.75) is 90.4 Å². The number of aryl methyl sites for hydroxylation is 1. The molecule has 0 aromatic heterocycles. The van der Waals surface area contributed by atoms with Gasteiger partial charge in [0, 0.05) is 5.92 Å². The summed E-state index contributed by atoms with van der Waals surface area (Å²) in [7, 11) is 0. The van der Waals surface area contributed by atoms with E-state index in [1.54, 1.807) is 6.07 Å². The van der Waals surface area contributed by atoms with Crippen molar-refractivity contribution < 1.29 is 9.90 Å². The Morgan fingerprint density at radius 1 is 1.03 bits per heavy atom. The van der Waals surface area contributed by atoms with Crippen LogP contribution in [-0.4, -0.2) is 11.1 Å². The number of allylic oxidation sites excluding steroid dienone is 1. The van der Waals surface area contributed by atoms with Gasteiger partial charge in [-0.2, -0.15) is 0 Å². The summed E-state index contributed by atoms with van der Waals surface area (Å²) in [5.74, 6) is -0.501. The van der Waals surface area contributed by atoms with Crippen LogP contribution in [0.2, 0.25) is 0 Å². The summed E-state index contributed by atoms with van der Waals surface area (Å²) < 4.78 is 0. The minimum atomic E-state index is -0.867. The number of hydrogen-bond acceptors (Lipinski definition) is 1. The molecule has 1 N–H and O–H groups in total. The van der Waals surface area contributed by atoms with E-state index in [4.69, 9.17) is 0 Å². The fourth-order valence-corrected chi connectivity index (χ4v) is 4.89. The lowest BCUT2D eigenvalue weighted by molar-refractivity contribution is 0.0696. The summed E-state index contributed by atoms with van der Waals surface area (Å²) >= 11 is 0. The van der Waals surface area contributed by atoms with Gasteiger partial charge >= 0.3 is 5.97 Å². The third-order valence-electron chi connectivity index (χ3n) is 7.18. The maximum atomic E-state index is 11.3. The van der Waals surface area contributed by atoms with Gasteiger partial charge in [-0.25, -0.2) is 4.79 Å². The van der Waals surface area contributed by atoms with Crippen molar-refractivity contribution in [3.05, 3.63) is 75.9 Å². The molecule has 3 rings (SSSR count). The summed E-state index contributed by atoms with van der Waals surface area (Å²) in [5, 5.41) is 9.28. The number of fused-ring (bicyclic) bond motifs is 1. The van der Waals surface area contributed by atoms with Gasteiger partial charge in [-0.15, -0.1) is 0 Å². The van der Waals surface area contributed by atoms with Crippen LogP contribution in [0.25, 0.3) is 6.08 Å². The third-order valence-corrected chi connectivity index (χ3v) is 7.18. The van der Waals surface area contributed by atoms with Gasteiger partial charge in [-0.3, -0.25) is 0 Å². The van der Waals surface area contributed by atoms with Crippen molar-refractivity contribution in [3.8, 4) is 0 Å². The molecule has 1 aliphatic rings. The van der Waals surface area contributed by atoms with Crippen LogP contribution >= 0.6 is 0 Å². The number of carboxylic acids is 1. The molecule has 1 unspecified atom stereocenters. The number of hydrogen-bond donors (Lipinski definition) is 1. The van der Waals surface area contributed by atoms with Crippen LogP contribution in [0.1, 0.15) is 111 Å². The normalized spacial score (nSPS) is 18.0. The van der Waals surface area contributed by atoms with Gasteiger partial charge in [-0.05, 0) is 70.9 Å². The van der Waals surface area contributed by atoms with E-state index in [1.807, 2.05) is 19.1 Å². The van der Waals surface area contributed by atoms with Crippen molar-refractivity contribution in [2.75, 3.05) is 0 Å². The largest absolute Gasteiger partial charge is 0.478 e. The molecule has 0 saturated heterocycles. The van der Waals surface area contributed by atoms with E-state index < -0.39 is 5.97 Å². The van der Waals surface area contributed by atoms with Gasteiger partial charge in [0.2, 0.25) is 0 Å². The summed E-state index contributed by atoms with van der Waals surface area (Å²) in [5.41, 5.74) is 7.10. The second kappa shape index (κ2) is 9.02. The van der Waals surface area contributed by atoms with Gasteiger partial charge in [0.25, 0.3) is 0 Å². The summed E-state index contributed by atoms with van der Waals surface area (Å²) in [6.45, 7) is 13.6. The van der Waals surface area contributed by atoms with Crippen LogP contribution in [-0.2, 0) is 10.8 Å². The molecular weight excluding hydrogens is 380 g/mol. The fraction of sp³-hybridized carbons (Fsp3) is 0.483. The van der Waals surface area contributed by atoms with E-state index in [-0.39, 0.29) is 10.8 Å². The molecule has 31 heavy (non-hydrogen) atoms. The van der Waals surface area contributed by atoms with Crippen LogP contribution in [0.5, 0.6) is 0 Å². The second-order valence-electron chi connectivity index (χ2n) is 10.6. The molecule has 2 nitrogen and oxygen atoms in total. The highest BCUT2D eigenvalue weighted by Gasteiger charge is 2.37. The van der Waals surface area contributed by atoms with Crippen molar-refractivity contribution in [2.24, 2.45) is 0 Å². The van der Waals surface area contributed by atoms with E-state index in [0.717, 1.165) is 17.5 Å². The molecule has 0 spiro atoms. The van der Waals surface area contributed by atoms with Crippen molar-refractivity contribution in [1.29, 1.82) is 0 Å². The molecule has 0 amide bonds. The molecule has 166 valence electrons. The Morgan fingerprint density at radius 3 is 2.32 bits per heavy atom. The molecule has 0 fully saturated rings. The molecule has 0 bridgehead atoms. The maximum Gasteiger partial charge on any atom is 0.335 e. The summed E-state index contributed by atoms with van der Waals surface area (Å²) in [6.07, 6.45) is 10.4. The number of unbranched alkanes of at least 4 members (excludes halogenated alkanes) is 1. The summed E-state index contributed by atoms with van der Waals surface area (Å²) in [6, 6.07) is 12.8. The lowest BCUT2D eigenvalue weighted by Gasteiger charge is -2.42. The molecular formula is C29H38O2. The number of carboxylic acid groups (broad SMARTS) is 1. The SMILES string of the molecule is CCCCC(/C=C/c1ccc(C(=O)O)c(C)c1)c1ccc2c(c1)C(C)(C)CCC2(C)C. The first kappa shape index (κ1) is 23.3. The number of carbonyl (C=O) groups is 1. The van der Waals surface area contributed by atoms with Crippen LogP contribution in [0.4, 0.5) is 0 Å². The second-order valence-corrected chi connectivity index (χ2v) is 10.6. The van der Waals surface area contributed by atoms with E-state index in [1.165, 1.54) is 42.4 Å². The standard InChI is InChI=1S/C29H38O2/c1-7-8-9-22(12-10-21-11-14-24(27(30)31)20(2)18-21)23-13-15-25-26(19-23)29(5,6)17-16-28(25,3)4/h10-15,18-19,22H,7-9,16-17H2,1-6H3,(H,30,31)/b12-10+. The van der Waals surface area contributed by atoms with Crippen molar-refractivity contribution >= 4 is 12.0 Å². The van der Waals surface area contributed by atoms with Crippen LogP contribution < -0.4 is 0 Å². The van der Waals surface area contributed by atoms with Crippen molar-refractivity contribution in [3.63, 3.8) is 0 Å². The molecule has 2 heteroatoms. The fourth-order valence-electron chi connectivity index (χ4n) is 4.89. The quantitative estimate of drug-likeness (QED) is 0.494. The van der Waals surface area contributed by atoms with Crippen LogP contribution in [0.3, 0.4) is 0 Å². The minimum absolute atomic E-state index is 0.212. The van der Waals surface area contributed by atoms with E-state index in [2.05, 4.69) is 65.0 Å². The highest BCUT2D eigenvalue weighted by Crippen LogP contribution is 2.46. The van der Waals surface area contributed by atoms with Crippen LogP contribution in [0.15, 0.2) is 42.5 Å². The minimum Gasteiger partial charge on any atom is -0.478 e. The van der Waals surface area contributed by atoms with Gasteiger partial charge < -0.3 is 5.11 Å². The summed E-state index contributed by atoms with van der Waals surface area (Å²) in [4.78, 5) is 11.3. The molecule has 0 aliphatic heterocycles. The molecule has 2 aromatic carbocycles. The van der Waals surface area contributed by atoms with Crippen LogP contribution in [0, 0.1) is 6.92 Å². The first-order chi connectivity index (χ1) is 14.5. The lowest BCUT2D eigenvalue weighted by atomic mass is 9.62. The monoisotopic (exact) mass is 418 g/mol. The van der Waals surface area contributed by atoms with E-state index in [0.29, 0.717) is 11.5 Å². The van der Waals surface area contributed by atoms with E-state index >= 15 is 0 Å². The predicted molar refractivity (Wildman–Crippen MR) is 131 cm³/mol. The predicted octanol–water partition coefficient (Wildman–Crippen LogP) is 8.03. The average Bonchev–Trinajstić information content (AvgIpc) is 2.71. The Hall–Kier alpha value is -2.35. The van der Waals surface area contributed by atoms with Gasteiger partial charge in [0.15, 0.2) is 0 Å². The number of aromatic carboxylic acids is 1. The maximum absolute atomic E-state index is 11.3. The zero-order valence-corrected chi connectivity index (χ0v) is 20.1.